The number of carbonyl (C=O) groups excluding carboxylic acids is 1. The Kier molecular flexibility index (Phi) is 5.46. The first kappa shape index (κ1) is 21.3. The number of hydrogen-bond donors (Lipinski definition) is 2. The molecule has 5 aromatic rings. The Morgan fingerprint density at radius 2 is 1.91 bits per heavy atom. The molecule has 0 saturated heterocycles. The molecule has 0 bridgehead atoms. The molecule has 0 aliphatic heterocycles. The molecular weight excluding hydrogens is 440 g/mol. The Labute approximate surface area is 194 Å². The van der Waals surface area contributed by atoms with Crippen LogP contribution < -0.4 is 10.9 Å². The standard InChI is InChI=1S/C26H23ClN2O4/c1-14-13-32-23-11-24-20(10-19(14)23)15(2)18(26(31)33-24)4-6-25(30)28-8-7-16-12-29-22-5-3-17(27)9-21(16)22/h3,5,9-13,29H,4,6-8H2,1-2H3,(H,28,30). The molecule has 0 unspecified atom stereocenters. The van der Waals surface area contributed by atoms with Crippen LogP contribution in [0.1, 0.15) is 28.7 Å². The summed E-state index contributed by atoms with van der Waals surface area (Å²) in [7, 11) is 0. The minimum atomic E-state index is -0.411. The van der Waals surface area contributed by atoms with Gasteiger partial charge in [0.25, 0.3) is 0 Å². The molecule has 0 saturated carbocycles. The van der Waals surface area contributed by atoms with E-state index in [1.807, 2.05) is 44.3 Å². The number of aromatic amines is 1. The molecule has 3 aromatic heterocycles. The monoisotopic (exact) mass is 462 g/mol. The van der Waals surface area contributed by atoms with Gasteiger partial charge in [-0.1, -0.05) is 11.6 Å². The van der Waals surface area contributed by atoms with E-state index in [2.05, 4.69) is 10.3 Å². The Hall–Kier alpha value is -3.51. The summed E-state index contributed by atoms with van der Waals surface area (Å²) in [4.78, 5) is 28.3. The van der Waals surface area contributed by atoms with E-state index >= 15 is 0 Å². The van der Waals surface area contributed by atoms with E-state index in [0.29, 0.717) is 41.1 Å². The van der Waals surface area contributed by atoms with Crippen molar-refractivity contribution in [3.8, 4) is 0 Å². The van der Waals surface area contributed by atoms with Crippen molar-refractivity contribution in [3.63, 3.8) is 0 Å². The minimum Gasteiger partial charge on any atom is -0.464 e. The van der Waals surface area contributed by atoms with Gasteiger partial charge in [0.2, 0.25) is 5.91 Å². The van der Waals surface area contributed by atoms with E-state index in [0.717, 1.165) is 38.4 Å². The molecule has 0 spiro atoms. The Morgan fingerprint density at radius 3 is 2.76 bits per heavy atom. The quantitative estimate of drug-likeness (QED) is 0.322. The van der Waals surface area contributed by atoms with E-state index in [1.165, 1.54) is 0 Å². The number of fused-ring (bicyclic) bond motifs is 3. The fourth-order valence-corrected chi connectivity index (χ4v) is 4.52. The second kappa shape index (κ2) is 8.45. The number of rotatable bonds is 6. The second-order valence-corrected chi connectivity index (χ2v) is 8.80. The zero-order valence-corrected chi connectivity index (χ0v) is 19.1. The molecule has 0 aliphatic carbocycles. The predicted molar refractivity (Wildman–Crippen MR) is 130 cm³/mol. The number of H-pyrrole nitrogens is 1. The molecule has 33 heavy (non-hydrogen) atoms. The molecular formula is C26H23ClN2O4. The van der Waals surface area contributed by atoms with Crippen LogP contribution >= 0.6 is 11.6 Å². The highest BCUT2D eigenvalue weighted by Crippen LogP contribution is 2.29. The highest BCUT2D eigenvalue weighted by molar-refractivity contribution is 6.31. The van der Waals surface area contributed by atoms with Gasteiger partial charge in [-0.05, 0) is 67.6 Å². The van der Waals surface area contributed by atoms with Crippen LogP contribution in [0.5, 0.6) is 0 Å². The van der Waals surface area contributed by atoms with Crippen LogP contribution in [-0.2, 0) is 17.6 Å². The number of halogens is 1. The lowest BCUT2D eigenvalue weighted by molar-refractivity contribution is -0.121. The van der Waals surface area contributed by atoms with Crippen molar-refractivity contribution in [3.05, 3.63) is 80.5 Å². The lowest BCUT2D eigenvalue weighted by Crippen LogP contribution is -2.26. The van der Waals surface area contributed by atoms with E-state index in [1.54, 1.807) is 12.3 Å². The van der Waals surface area contributed by atoms with Crippen LogP contribution in [0.2, 0.25) is 5.02 Å². The SMILES string of the molecule is Cc1coc2cc3oc(=O)c(CCC(=O)NCCc4c[nH]c5ccc(Cl)cc45)c(C)c3cc12. The third kappa shape index (κ3) is 4.02. The second-order valence-electron chi connectivity index (χ2n) is 8.36. The first-order valence-corrected chi connectivity index (χ1v) is 11.2. The molecule has 6 nitrogen and oxygen atoms in total. The van der Waals surface area contributed by atoms with Crippen molar-refractivity contribution >= 4 is 50.3 Å². The number of carbonyl (C=O) groups is 1. The molecule has 0 atom stereocenters. The molecule has 5 rings (SSSR count). The van der Waals surface area contributed by atoms with Gasteiger partial charge in [0.05, 0.1) is 6.26 Å². The summed E-state index contributed by atoms with van der Waals surface area (Å²) in [6.07, 6.45) is 4.84. The van der Waals surface area contributed by atoms with Crippen LogP contribution in [0.25, 0.3) is 32.8 Å². The maximum absolute atomic E-state index is 12.6. The van der Waals surface area contributed by atoms with Gasteiger partial charge in [0, 0.05) is 57.5 Å². The van der Waals surface area contributed by atoms with Gasteiger partial charge in [0.1, 0.15) is 11.2 Å². The maximum atomic E-state index is 12.6. The van der Waals surface area contributed by atoms with Crippen molar-refractivity contribution in [1.29, 1.82) is 0 Å². The van der Waals surface area contributed by atoms with Crippen LogP contribution in [-0.4, -0.2) is 17.4 Å². The molecule has 168 valence electrons. The van der Waals surface area contributed by atoms with Crippen molar-refractivity contribution in [2.24, 2.45) is 0 Å². The fourth-order valence-electron chi connectivity index (χ4n) is 4.35. The van der Waals surface area contributed by atoms with Gasteiger partial charge in [-0.2, -0.15) is 0 Å². The summed E-state index contributed by atoms with van der Waals surface area (Å²) < 4.78 is 11.1. The lowest BCUT2D eigenvalue weighted by atomic mass is 10.0. The summed E-state index contributed by atoms with van der Waals surface area (Å²) in [5, 5.41) is 6.53. The molecule has 7 heteroatoms. The normalized spacial score (nSPS) is 11.6. The average molecular weight is 463 g/mol. The summed E-state index contributed by atoms with van der Waals surface area (Å²) in [5.74, 6) is -0.104. The Balaban J connectivity index is 1.26. The lowest BCUT2D eigenvalue weighted by Gasteiger charge is -2.09. The van der Waals surface area contributed by atoms with Gasteiger partial charge >= 0.3 is 5.63 Å². The Morgan fingerprint density at radius 1 is 1.06 bits per heavy atom. The van der Waals surface area contributed by atoms with Gasteiger partial charge < -0.3 is 19.1 Å². The molecule has 0 fully saturated rings. The number of nitrogens with one attached hydrogen (secondary N) is 2. The summed E-state index contributed by atoms with van der Waals surface area (Å²) in [6, 6.07) is 9.44. The number of aromatic nitrogens is 1. The number of aryl methyl sites for hydroxylation is 2. The minimum absolute atomic E-state index is 0.104. The summed E-state index contributed by atoms with van der Waals surface area (Å²) in [6.45, 7) is 4.37. The van der Waals surface area contributed by atoms with Gasteiger partial charge in [-0.3, -0.25) is 4.79 Å². The topological polar surface area (TPSA) is 88.2 Å². The number of amides is 1. The number of furan rings is 1. The first-order valence-electron chi connectivity index (χ1n) is 10.9. The third-order valence-electron chi connectivity index (χ3n) is 6.22. The van der Waals surface area contributed by atoms with Crippen LogP contribution in [0.4, 0.5) is 0 Å². The first-order chi connectivity index (χ1) is 15.9. The molecule has 2 N–H and O–H groups in total. The number of hydrogen-bond acceptors (Lipinski definition) is 4. The van der Waals surface area contributed by atoms with Gasteiger partial charge in [-0.15, -0.1) is 0 Å². The van der Waals surface area contributed by atoms with Crippen molar-refractivity contribution in [2.45, 2.75) is 33.1 Å². The van der Waals surface area contributed by atoms with Crippen molar-refractivity contribution in [1.82, 2.24) is 10.3 Å². The van der Waals surface area contributed by atoms with E-state index in [-0.39, 0.29) is 12.3 Å². The van der Waals surface area contributed by atoms with Gasteiger partial charge in [0.15, 0.2) is 0 Å². The molecule has 1 amide bonds. The van der Waals surface area contributed by atoms with Gasteiger partial charge in [-0.25, -0.2) is 4.79 Å². The van der Waals surface area contributed by atoms with Crippen molar-refractivity contribution < 1.29 is 13.6 Å². The van der Waals surface area contributed by atoms with Crippen molar-refractivity contribution in [2.75, 3.05) is 6.54 Å². The molecule has 0 aliphatic rings. The molecule has 0 radical (unpaired) electrons. The number of benzene rings is 2. The average Bonchev–Trinajstić information content (AvgIpc) is 3.35. The highest BCUT2D eigenvalue weighted by Gasteiger charge is 2.15. The zero-order valence-electron chi connectivity index (χ0n) is 18.4. The summed E-state index contributed by atoms with van der Waals surface area (Å²) >= 11 is 6.10. The van der Waals surface area contributed by atoms with Crippen LogP contribution in [0.3, 0.4) is 0 Å². The highest BCUT2D eigenvalue weighted by atomic mass is 35.5. The Bertz CT molecular complexity index is 1570. The fraction of sp³-hybridized carbons (Fsp3) is 0.231. The van der Waals surface area contributed by atoms with Crippen LogP contribution in [0, 0.1) is 13.8 Å². The zero-order chi connectivity index (χ0) is 23.1. The largest absolute Gasteiger partial charge is 0.464 e. The smallest absolute Gasteiger partial charge is 0.339 e. The van der Waals surface area contributed by atoms with Crippen LogP contribution in [0.15, 0.2) is 56.4 Å². The maximum Gasteiger partial charge on any atom is 0.339 e. The van der Waals surface area contributed by atoms with E-state index in [4.69, 9.17) is 20.4 Å². The molecule has 2 aromatic carbocycles. The van der Waals surface area contributed by atoms with E-state index < -0.39 is 5.63 Å². The van der Waals surface area contributed by atoms with E-state index in [9.17, 15) is 9.59 Å². The summed E-state index contributed by atoms with van der Waals surface area (Å²) in [5.41, 5.74) is 5.28. The predicted octanol–water partition coefficient (Wildman–Crippen LogP) is 5.58. The third-order valence-corrected chi connectivity index (χ3v) is 6.46. The molecule has 3 heterocycles.